The van der Waals surface area contributed by atoms with Gasteiger partial charge in [-0.1, -0.05) is 60.7 Å². The average molecular weight is 493 g/mol. The van der Waals surface area contributed by atoms with Crippen LogP contribution in [-0.4, -0.2) is 52.5 Å². The van der Waals surface area contributed by atoms with Crippen LogP contribution in [0.4, 0.5) is 5.82 Å². The van der Waals surface area contributed by atoms with Crippen LogP contribution in [0.3, 0.4) is 0 Å². The Kier molecular flexibility index (Phi) is 8.93. The van der Waals surface area contributed by atoms with Crippen molar-refractivity contribution in [3.63, 3.8) is 0 Å². The Labute approximate surface area is 210 Å². The minimum Gasteiger partial charge on any atom is -0.374 e. The molecule has 0 spiro atoms. The Hall–Kier alpha value is -4.02. The third kappa shape index (κ3) is 7.24. The SMILES string of the molecule is CNC(=O)C(c1ccccc1)n1cnc(NC(=O)C(COCc2ccccc2)NC(=O)C(C)(C)N)c1. The molecule has 0 fully saturated rings. The molecule has 0 bridgehead atoms. The molecule has 0 radical (unpaired) electrons. The molecule has 0 aliphatic rings. The summed E-state index contributed by atoms with van der Waals surface area (Å²) in [6.45, 7) is 3.29. The second-order valence-electron chi connectivity index (χ2n) is 8.87. The molecule has 10 heteroatoms. The first kappa shape index (κ1) is 26.6. The van der Waals surface area contributed by atoms with Crippen molar-refractivity contribution in [2.45, 2.75) is 38.1 Å². The van der Waals surface area contributed by atoms with Crippen LogP contribution in [0.5, 0.6) is 0 Å². The third-order valence-electron chi connectivity index (χ3n) is 5.36. The van der Waals surface area contributed by atoms with E-state index in [0.717, 1.165) is 11.1 Å². The standard InChI is InChI=1S/C26H32N6O4/c1-26(2,27)25(35)30-20(16-36-15-18-10-6-4-7-11-18)23(33)31-21-14-32(17-29-21)22(24(34)28-3)19-12-8-5-9-13-19/h4-14,17,20,22H,15-16,27H2,1-3H3,(H,28,34)(H,30,35)(H,31,33). The second kappa shape index (κ2) is 12.1. The lowest BCUT2D eigenvalue weighted by molar-refractivity contribution is -0.130. The van der Waals surface area contributed by atoms with E-state index in [9.17, 15) is 14.4 Å². The quantitative estimate of drug-likeness (QED) is 0.320. The summed E-state index contributed by atoms with van der Waals surface area (Å²) in [6, 6.07) is 17.0. The number of anilines is 1. The van der Waals surface area contributed by atoms with Crippen LogP contribution in [0, 0.1) is 0 Å². The maximum Gasteiger partial charge on any atom is 0.250 e. The van der Waals surface area contributed by atoms with E-state index in [1.54, 1.807) is 31.7 Å². The first-order valence-corrected chi connectivity index (χ1v) is 11.5. The summed E-state index contributed by atoms with van der Waals surface area (Å²) in [6.07, 6.45) is 3.02. The second-order valence-corrected chi connectivity index (χ2v) is 8.87. The molecule has 2 aromatic carbocycles. The summed E-state index contributed by atoms with van der Waals surface area (Å²) in [5, 5.41) is 7.99. The molecule has 0 saturated heterocycles. The lowest BCUT2D eigenvalue weighted by Crippen LogP contribution is -2.56. The number of rotatable bonds is 11. The van der Waals surface area contributed by atoms with E-state index in [2.05, 4.69) is 20.9 Å². The van der Waals surface area contributed by atoms with Gasteiger partial charge in [0.2, 0.25) is 11.8 Å². The number of carbonyl (C=O) groups excluding carboxylic acids is 3. The molecule has 190 valence electrons. The number of carbonyl (C=O) groups is 3. The van der Waals surface area contributed by atoms with Gasteiger partial charge in [-0.3, -0.25) is 14.4 Å². The summed E-state index contributed by atoms with van der Waals surface area (Å²) in [4.78, 5) is 42.4. The van der Waals surface area contributed by atoms with Crippen LogP contribution in [0.2, 0.25) is 0 Å². The Bertz CT molecular complexity index is 1160. The van der Waals surface area contributed by atoms with Crippen LogP contribution in [0.25, 0.3) is 0 Å². The average Bonchev–Trinajstić information content (AvgIpc) is 3.31. The van der Waals surface area contributed by atoms with Crippen molar-refractivity contribution in [3.05, 3.63) is 84.3 Å². The highest BCUT2D eigenvalue weighted by atomic mass is 16.5. The van der Waals surface area contributed by atoms with Crippen molar-refractivity contribution in [3.8, 4) is 0 Å². The van der Waals surface area contributed by atoms with E-state index >= 15 is 0 Å². The number of benzene rings is 2. The van der Waals surface area contributed by atoms with Gasteiger partial charge in [-0.2, -0.15) is 0 Å². The van der Waals surface area contributed by atoms with Gasteiger partial charge in [-0.05, 0) is 25.0 Å². The number of imidazole rings is 1. The van der Waals surface area contributed by atoms with E-state index in [4.69, 9.17) is 10.5 Å². The summed E-state index contributed by atoms with van der Waals surface area (Å²) >= 11 is 0. The van der Waals surface area contributed by atoms with Gasteiger partial charge >= 0.3 is 0 Å². The normalized spacial score (nSPS) is 12.9. The molecule has 2 unspecified atom stereocenters. The molecule has 0 aliphatic carbocycles. The van der Waals surface area contributed by atoms with E-state index in [-0.39, 0.29) is 24.9 Å². The Morgan fingerprint density at radius 2 is 1.67 bits per heavy atom. The molecule has 36 heavy (non-hydrogen) atoms. The topological polar surface area (TPSA) is 140 Å². The predicted octanol–water partition coefficient (Wildman–Crippen LogP) is 1.60. The number of nitrogens with one attached hydrogen (secondary N) is 3. The molecular weight excluding hydrogens is 460 g/mol. The molecule has 3 amide bonds. The van der Waals surface area contributed by atoms with Crippen molar-refractivity contribution >= 4 is 23.5 Å². The zero-order chi connectivity index (χ0) is 26.1. The number of nitrogens with zero attached hydrogens (tertiary/aromatic N) is 2. The van der Waals surface area contributed by atoms with Crippen molar-refractivity contribution in [1.82, 2.24) is 20.2 Å². The van der Waals surface area contributed by atoms with Crippen molar-refractivity contribution in [2.24, 2.45) is 5.73 Å². The van der Waals surface area contributed by atoms with Gasteiger partial charge in [0.15, 0.2) is 5.82 Å². The fourth-order valence-corrected chi connectivity index (χ4v) is 3.38. The molecule has 1 aromatic heterocycles. The van der Waals surface area contributed by atoms with E-state index in [1.165, 1.54) is 6.33 Å². The molecule has 10 nitrogen and oxygen atoms in total. The summed E-state index contributed by atoms with van der Waals surface area (Å²) in [5.41, 5.74) is 6.40. The predicted molar refractivity (Wildman–Crippen MR) is 136 cm³/mol. The van der Waals surface area contributed by atoms with Crippen molar-refractivity contribution in [1.29, 1.82) is 0 Å². The number of ether oxygens (including phenoxy) is 1. The van der Waals surface area contributed by atoms with Gasteiger partial charge in [-0.15, -0.1) is 0 Å². The number of amides is 3. The van der Waals surface area contributed by atoms with Crippen LogP contribution >= 0.6 is 0 Å². The first-order chi connectivity index (χ1) is 17.2. The molecule has 2 atom stereocenters. The summed E-state index contributed by atoms with van der Waals surface area (Å²) < 4.78 is 7.31. The Morgan fingerprint density at radius 3 is 2.28 bits per heavy atom. The van der Waals surface area contributed by atoms with Crippen LogP contribution in [-0.2, 0) is 25.7 Å². The number of hydrogen-bond acceptors (Lipinski definition) is 6. The van der Waals surface area contributed by atoms with E-state index in [0.29, 0.717) is 0 Å². The van der Waals surface area contributed by atoms with E-state index < -0.39 is 29.4 Å². The first-order valence-electron chi connectivity index (χ1n) is 11.5. The molecule has 3 rings (SSSR count). The van der Waals surface area contributed by atoms with Gasteiger partial charge in [-0.25, -0.2) is 4.98 Å². The fourth-order valence-electron chi connectivity index (χ4n) is 3.38. The highest BCUT2D eigenvalue weighted by Crippen LogP contribution is 2.20. The zero-order valence-corrected chi connectivity index (χ0v) is 20.6. The maximum atomic E-state index is 13.1. The van der Waals surface area contributed by atoms with Gasteiger partial charge < -0.3 is 31.0 Å². The Morgan fingerprint density at radius 1 is 1.03 bits per heavy atom. The molecule has 5 N–H and O–H groups in total. The third-order valence-corrected chi connectivity index (χ3v) is 5.36. The van der Waals surface area contributed by atoms with Gasteiger partial charge in [0.1, 0.15) is 12.1 Å². The van der Waals surface area contributed by atoms with Crippen LogP contribution in [0.1, 0.15) is 31.0 Å². The van der Waals surface area contributed by atoms with Gasteiger partial charge in [0.25, 0.3) is 5.91 Å². The lowest BCUT2D eigenvalue weighted by Gasteiger charge is -2.23. The Balaban J connectivity index is 1.73. The van der Waals surface area contributed by atoms with E-state index in [1.807, 2.05) is 60.7 Å². The zero-order valence-electron chi connectivity index (χ0n) is 20.6. The van der Waals surface area contributed by atoms with Gasteiger partial charge in [0.05, 0.1) is 25.1 Å². The minimum atomic E-state index is -1.18. The highest BCUT2D eigenvalue weighted by molar-refractivity contribution is 5.98. The summed E-state index contributed by atoms with van der Waals surface area (Å²) in [5.74, 6) is -1.04. The number of likely N-dealkylation sites (N-methyl/N-ethyl adjacent to an activating group) is 1. The monoisotopic (exact) mass is 492 g/mol. The smallest absolute Gasteiger partial charge is 0.250 e. The minimum absolute atomic E-state index is 0.0753. The molecule has 0 aliphatic heterocycles. The molecule has 1 heterocycles. The number of nitrogens with two attached hydrogens (primary N) is 1. The van der Waals surface area contributed by atoms with Crippen LogP contribution < -0.4 is 21.7 Å². The largest absolute Gasteiger partial charge is 0.374 e. The van der Waals surface area contributed by atoms with Crippen molar-refractivity contribution in [2.75, 3.05) is 19.0 Å². The number of aromatic nitrogens is 2. The maximum absolute atomic E-state index is 13.1. The molecule has 3 aromatic rings. The molecular formula is C26H32N6O4. The lowest BCUT2D eigenvalue weighted by atomic mass is 10.1. The fraction of sp³-hybridized carbons (Fsp3) is 0.308. The van der Waals surface area contributed by atoms with Crippen LogP contribution in [0.15, 0.2) is 73.2 Å². The molecule has 0 saturated carbocycles. The van der Waals surface area contributed by atoms with Gasteiger partial charge in [0, 0.05) is 13.2 Å². The summed E-state index contributed by atoms with van der Waals surface area (Å²) in [7, 11) is 1.56. The van der Waals surface area contributed by atoms with Crippen molar-refractivity contribution < 1.29 is 19.1 Å². The number of hydrogen-bond donors (Lipinski definition) is 4. The highest BCUT2D eigenvalue weighted by Gasteiger charge is 2.29.